The molecule has 1 aliphatic rings. The number of benzene rings is 1. The van der Waals surface area contributed by atoms with Crippen molar-refractivity contribution in [2.24, 2.45) is 7.05 Å². The van der Waals surface area contributed by atoms with E-state index in [9.17, 15) is 13.2 Å². The first-order valence-electron chi connectivity index (χ1n) is 8.19. The molecule has 1 aromatic heterocycles. The Morgan fingerprint density at radius 2 is 1.96 bits per heavy atom. The Labute approximate surface area is 139 Å². The largest absolute Gasteiger partial charge is 0.416 e. The summed E-state index contributed by atoms with van der Waals surface area (Å²) < 4.78 is 41.9. The predicted molar refractivity (Wildman–Crippen MR) is 84.3 cm³/mol. The van der Waals surface area contributed by atoms with Gasteiger partial charge in [-0.15, -0.1) is 10.2 Å². The molecular formula is C17H21F3N4. The molecule has 1 saturated carbocycles. The first-order valence-corrected chi connectivity index (χ1v) is 8.19. The normalized spacial score (nSPS) is 21.8. The quantitative estimate of drug-likeness (QED) is 0.925. The van der Waals surface area contributed by atoms with Crippen LogP contribution in [0.3, 0.4) is 0 Å². The average Bonchev–Trinajstić information content (AvgIpc) is 2.97. The van der Waals surface area contributed by atoms with Crippen LogP contribution in [0.4, 0.5) is 13.2 Å². The van der Waals surface area contributed by atoms with Crippen molar-refractivity contribution in [2.75, 3.05) is 0 Å². The Morgan fingerprint density at radius 3 is 2.67 bits per heavy atom. The molecular weight excluding hydrogens is 317 g/mol. The number of aryl methyl sites for hydroxylation is 1. The molecule has 1 N–H and O–H groups in total. The van der Waals surface area contributed by atoms with Gasteiger partial charge in [0.1, 0.15) is 12.2 Å². The van der Waals surface area contributed by atoms with Crippen molar-refractivity contribution in [1.29, 1.82) is 0 Å². The zero-order valence-electron chi connectivity index (χ0n) is 13.6. The molecule has 1 fully saturated rings. The molecule has 2 unspecified atom stereocenters. The van der Waals surface area contributed by atoms with Crippen LogP contribution in [-0.2, 0) is 19.8 Å². The van der Waals surface area contributed by atoms with Gasteiger partial charge in [0.25, 0.3) is 0 Å². The van der Waals surface area contributed by atoms with E-state index in [1.54, 1.807) is 18.5 Å². The highest BCUT2D eigenvalue weighted by molar-refractivity contribution is 5.34. The molecule has 1 aromatic carbocycles. The highest BCUT2D eigenvalue weighted by Crippen LogP contribution is 2.40. The number of alkyl halides is 3. The van der Waals surface area contributed by atoms with Crippen molar-refractivity contribution in [3.8, 4) is 0 Å². The lowest BCUT2D eigenvalue weighted by Crippen LogP contribution is -2.38. The summed E-state index contributed by atoms with van der Waals surface area (Å²) in [6.07, 6.45) is 0.926. The number of hydrogen-bond acceptors (Lipinski definition) is 3. The first-order chi connectivity index (χ1) is 11.5. The number of aromatic nitrogens is 3. The minimum Gasteiger partial charge on any atom is -0.320 e. The van der Waals surface area contributed by atoms with Crippen LogP contribution in [0.2, 0.25) is 0 Å². The number of halogens is 3. The van der Waals surface area contributed by atoms with Crippen LogP contribution < -0.4 is 5.32 Å². The SMILES string of the molecule is Cn1cnnc1CNC1CCCCC1c1ccccc1C(F)(F)F. The van der Waals surface area contributed by atoms with Crippen molar-refractivity contribution in [3.63, 3.8) is 0 Å². The average molecular weight is 338 g/mol. The van der Waals surface area contributed by atoms with E-state index >= 15 is 0 Å². The van der Waals surface area contributed by atoms with Gasteiger partial charge in [0.2, 0.25) is 0 Å². The topological polar surface area (TPSA) is 42.7 Å². The Bertz CT molecular complexity index is 680. The predicted octanol–water partition coefficient (Wildman–Crippen LogP) is 3.65. The first kappa shape index (κ1) is 17.0. The van der Waals surface area contributed by atoms with E-state index in [2.05, 4.69) is 15.5 Å². The summed E-state index contributed by atoms with van der Waals surface area (Å²) in [6, 6.07) is 5.97. The molecule has 4 nitrogen and oxygen atoms in total. The highest BCUT2D eigenvalue weighted by Gasteiger charge is 2.37. The summed E-state index contributed by atoms with van der Waals surface area (Å²) >= 11 is 0. The van der Waals surface area contributed by atoms with Crippen molar-refractivity contribution in [3.05, 3.63) is 47.5 Å². The lowest BCUT2D eigenvalue weighted by molar-refractivity contribution is -0.138. The molecule has 7 heteroatoms. The van der Waals surface area contributed by atoms with Gasteiger partial charge in [-0.05, 0) is 30.4 Å². The minimum atomic E-state index is -4.32. The second-order valence-corrected chi connectivity index (χ2v) is 6.32. The maximum absolute atomic E-state index is 13.4. The smallest absolute Gasteiger partial charge is 0.320 e. The fourth-order valence-electron chi connectivity index (χ4n) is 3.52. The lowest BCUT2D eigenvalue weighted by Gasteiger charge is -2.34. The molecule has 0 spiro atoms. The van der Waals surface area contributed by atoms with Gasteiger partial charge in [-0.3, -0.25) is 0 Å². The standard InChI is InChI=1S/C17H21F3N4/c1-24-11-22-23-16(24)10-21-15-9-5-3-7-13(15)12-6-2-4-8-14(12)17(18,19)20/h2,4,6,8,11,13,15,21H,3,5,7,9-10H2,1H3. The van der Waals surface area contributed by atoms with Crippen LogP contribution in [0.15, 0.2) is 30.6 Å². The molecule has 1 heterocycles. The molecule has 24 heavy (non-hydrogen) atoms. The maximum atomic E-state index is 13.4. The molecule has 3 rings (SSSR count). The second kappa shape index (κ2) is 6.93. The Morgan fingerprint density at radius 1 is 1.21 bits per heavy atom. The van der Waals surface area contributed by atoms with E-state index in [0.717, 1.165) is 31.5 Å². The van der Waals surface area contributed by atoms with Gasteiger partial charge in [-0.1, -0.05) is 31.0 Å². The van der Waals surface area contributed by atoms with Crippen LogP contribution in [0.1, 0.15) is 48.6 Å². The van der Waals surface area contributed by atoms with Crippen LogP contribution >= 0.6 is 0 Å². The molecule has 2 aromatic rings. The van der Waals surface area contributed by atoms with Crippen LogP contribution in [-0.4, -0.2) is 20.8 Å². The lowest BCUT2D eigenvalue weighted by atomic mass is 9.78. The zero-order chi connectivity index (χ0) is 17.2. The van der Waals surface area contributed by atoms with Gasteiger partial charge >= 0.3 is 6.18 Å². The van der Waals surface area contributed by atoms with Gasteiger partial charge in [-0.25, -0.2) is 0 Å². The number of nitrogens with zero attached hydrogens (tertiary/aromatic N) is 3. The van der Waals surface area contributed by atoms with Gasteiger partial charge in [-0.2, -0.15) is 13.2 Å². The fourth-order valence-corrected chi connectivity index (χ4v) is 3.52. The summed E-state index contributed by atoms with van der Waals surface area (Å²) in [5.41, 5.74) is -0.109. The molecule has 0 radical (unpaired) electrons. The van der Waals surface area contributed by atoms with Gasteiger partial charge in [0.15, 0.2) is 0 Å². The number of rotatable bonds is 4. The van der Waals surface area contributed by atoms with Crippen molar-refractivity contribution >= 4 is 0 Å². The summed E-state index contributed by atoms with van der Waals surface area (Å²) in [4.78, 5) is 0. The highest BCUT2D eigenvalue weighted by atomic mass is 19.4. The fraction of sp³-hybridized carbons (Fsp3) is 0.529. The molecule has 0 bridgehead atoms. The van der Waals surface area contributed by atoms with E-state index < -0.39 is 11.7 Å². The zero-order valence-corrected chi connectivity index (χ0v) is 13.6. The molecule has 0 saturated heterocycles. The van der Waals surface area contributed by atoms with E-state index in [0.29, 0.717) is 12.1 Å². The van der Waals surface area contributed by atoms with E-state index in [-0.39, 0.29) is 12.0 Å². The van der Waals surface area contributed by atoms with Crippen LogP contribution in [0, 0.1) is 0 Å². The molecule has 1 aliphatic carbocycles. The Hall–Kier alpha value is -1.89. The van der Waals surface area contributed by atoms with Crippen molar-refractivity contribution < 1.29 is 13.2 Å². The monoisotopic (exact) mass is 338 g/mol. The Kier molecular flexibility index (Phi) is 4.89. The van der Waals surface area contributed by atoms with Crippen LogP contribution in [0.5, 0.6) is 0 Å². The second-order valence-electron chi connectivity index (χ2n) is 6.32. The third-order valence-corrected chi connectivity index (χ3v) is 4.76. The van der Waals surface area contributed by atoms with Gasteiger partial charge in [0, 0.05) is 13.1 Å². The van der Waals surface area contributed by atoms with Crippen LogP contribution in [0.25, 0.3) is 0 Å². The van der Waals surface area contributed by atoms with E-state index in [1.807, 2.05) is 11.6 Å². The van der Waals surface area contributed by atoms with E-state index in [4.69, 9.17) is 0 Å². The molecule has 0 amide bonds. The molecule has 130 valence electrons. The molecule has 0 aliphatic heterocycles. The van der Waals surface area contributed by atoms with Crippen molar-refractivity contribution in [1.82, 2.24) is 20.1 Å². The summed E-state index contributed by atoms with van der Waals surface area (Å²) in [5.74, 6) is 0.647. The summed E-state index contributed by atoms with van der Waals surface area (Å²) in [5, 5.41) is 11.3. The number of hydrogen-bond donors (Lipinski definition) is 1. The number of nitrogens with one attached hydrogen (secondary N) is 1. The third-order valence-electron chi connectivity index (χ3n) is 4.76. The van der Waals surface area contributed by atoms with Gasteiger partial charge < -0.3 is 9.88 Å². The minimum absolute atomic E-state index is 0.0129. The van der Waals surface area contributed by atoms with Crippen molar-refractivity contribution in [2.45, 2.75) is 50.4 Å². The maximum Gasteiger partial charge on any atom is 0.416 e. The molecule has 2 atom stereocenters. The summed E-state index contributed by atoms with van der Waals surface area (Å²) in [6.45, 7) is 0.506. The van der Waals surface area contributed by atoms with E-state index in [1.165, 1.54) is 12.1 Å². The third kappa shape index (κ3) is 3.61. The Balaban J connectivity index is 1.81. The summed E-state index contributed by atoms with van der Waals surface area (Å²) in [7, 11) is 1.86. The van der Waals surface area contributed by atoms with Gasteiger partial charge in [0.05, 0.1) is 12.1 Å².